The average Bonchev–Trinajstić information content (AvgIpc) is 3.95. The number of hydrogen-bond acceptors (Lipinski definition) is 9. The molecule has 3 aliphatic rings. The van der Waals surface area contributed by atoms with Gasteiger partial charge in [-0.2, -0.15) is 0 Å². The summed E-state index contributed by atoms with van der Waals surface area (Å²) in [5.74, 6) is 1.44. The molecule has 0 spiro atoms. The number of aromatic amines is 1. The van der Waals surface area contributed by atoms with Crippen LogP contribution in [0.5, 0.6) is 11.5 Å². The van der Waals surface area contributed by atoms with E-state index in [2.05, 4.69) is 22.0 Å². The molecular formula is C43H45N3O8. The fraction of sp³-hybridized carbons (Fsp3) is 0.349. The van der Waals surface area contributed by atoms with Gasteiger partial charge in [-0.25, -0.2) is 9.69 Å². The number of nitrogens with one attached hydrogen (secondary N) is 1. The Morgan fingerprint density at radius 2 is 1.41 bits per heavy atom. The Kier molecular flexibility index (Phi) is 10.2. The van der Waals surface area contributed by atoms with Crippen molar-refractivity contribution in [3.05, 3.63) is 164 Å². The Balaban J connectivity index is 1.17. The van der Waals surface area contributed by atoms with Gasteiger partial charge in [-0.3, -0.25) is 14.3 Å². The van der Waals surface area contributed by atoms with Crippen LogP contribution in [0.15, 0.2) is 125 Å². The SMILES string of the molecule is COc1ccc(C(OC[C@H]2O[C@@H](n3cc(C)c(=O)[nH]c3=O)CC2O[C@H]2O[C@H](c3ccccc3)[C@@H]3CCCN23)(c2ccccc2)c2ccc(OC)cc2)cc1. The van der Waals surface area contributed by atoms with Crippen molar-refractivity contribution in [3.8, 4) is 11.5 Å². The Morgan fingerprint density at radius 1 is 0.796 bits per heavy atom. The highest BCUT2D eigenvalue weighted by Crippen LogP contribution is 2.45. The van der Waals surface area contributed by atoms with E-state index in [0.29, 0.717) is 12.0 Å². The molecule has 1 N–H and O–H groups in total. The fourth-order valence-electron chi connectivity index (χ4n) is 8.15. The summed E-state index contributed by atoms with van der Waals surface area (Å²) in [7, 11) is 3.28. The van der Waals surface area contributed by atoms with Crippen molar-refractivity contribution >= 4 is 0 Å². The quantitative estimate of drug-likeness (QED) is 0.153. The number of methoxy groups -OCH3 is 2. The van der Waals surface area contributed by atoms with Gasteiger partial charge in [0.05, 0.1) is 26.9 Å². The first kappa shape index (κ1) is 36.0. The largest absolute Gasteiger partial charge is 0.497 e. The standard InChI is InChI=1S/C43H45N3O8/c1-28-26-46(41(48)44-40(28)47)38-25-36(53-42-45-24-10-15-35(45)39(54-42)29-11-6-4-7-12-29)37(52-38)27-51-43(30-13-8-5-9-14-30,31-16-20-33(49-2)21-17-31)32-18-22-34(50-3)23-19-32/h4-9,11-14,16-23,26,35-39,42H,10,15,24-25,27H2,1-3H3,(H,44,47,48)/t35-,36?,37+,38+,39+,42-/m0/s1. The zero-order valence-corrected chi connectivity index (χ0v) is 30.6. The molecular weight excluding hydrogens is 686 g/mol. The van der Waals surface area contributed by atoms with E-state index in [1.165, 1.54) is 4.57 Å². The second-order valence-corrected chi connectivity index (χ2v) is 14.1. The number of aromatic nitrogens is 2. The smallest absolute Gasteiger partial charge is 0.330 e. The summed E-state index contributed by atoms with van der Waals surface area (Å²) in [6, 6.07) is 36.2. The second kappa shape index (κ2) is 15.4. The van der Waals surface area contributed by atoms with Crippen LogP contribution < -0.4 is 20.7 Å². The van der Waals surface area contributed by atoms with Crippen molar-refractivity contribution in [2.75, 3.05) is 27.4 Å². The molecule has 1 aromatic heterocycles. The number of fused-ring (bicyclic) bond motifs is 1. The van der Waals surface area contributed by atoms with Crippen LogP contribution in [0, 0.1) is 6.92 Å². The number of aryl methyl sites for hydroxylation is 1. The van der Waals surface area contributed by atoms with Crippen molar-refractivity contribution in [1.29, 1.82) is 0 Å². The number of nitrogens with zero attached hydrogens (tertiary/aromatic N) is 2. The highest BCUT2D eigenvalue weighted by Gasteiger charge is 2.50. The lowest BCUT2D eigenvalue weighted by Gasteiger charge is -2.37. The lowest BCUT2D eigenvalue weighted by Crippen LogP contribution is -2.42. The highest BCUT2D eigenvalue weighted by molar-refractivity contribution is 5.49. The summed E-state index contributed by atoms with van der Waals surface area (Å²) >= 11 is 0. The molecule has 0 amide bonds. The van der Waals surface area contributed by atoms with E-state index in [4.69, 9.17) is 28.4 Å². The molecule has 0 radical (unpaired) electrons. The van der Waals surface area contributed by atoms with Gasteiger partial charge >= 0.3 is 5.69 Å². The lowest BCUT2D eigenvalue weighted by atomic mass is 9.80. The van der Waals surface area contributed by atoms with Crippen LogP contribution in [0.25, 0.3) is 0 Å². The first-order valence-electron chi connectivity index (χ1n) is 18.5. The van der Waals surface area contributed by atoms with Gasteiger partial charge in [-0.15, -0.1) is 0 Å². The molecule has 280 valence electrons. The predicted octanol–water partition coefficient (Wildman–Crippen LogP) is 6.06. The molecule has 0 aliphatic carbocycles. The van der Waals surface area contributed by atoms with E-state index in [0.717, 1.165) is 53.1 Å². The van der Waals surface area contributed by atoms with Crippen LogP contribution in [0.2, 0.25) is 0 Å². The monoisotopic (exact) mass is 731 g/mol. The topological polar surface area (TPSA) is 113 Å². The number of benzene rings is 4. The zero-order chi connectivity index (χ0) is 37.2. The average molecular weight is 732 g/mol. The van der Waals surface area contributed by atoms with E-state index < -0.39 is 41.7 Å². The first-order chi connectivity index (χ1) is 26.4. The Morgan fingerprint density at radius 3 is 2.04 bits per heavy atom. The van der Waals surface area contributed by atoms with Crippen molar-refractivity contribution in [2.45, 2.75) is 68.8 Å². The van der Waals surface area contributed by atoms with Crippen LogP contribution in [0.1, 0.15) is 59.4 Å². The summed E-state index contributed by atoms with van der Waals surface area (Å²) in [6.45, 7) is 2.60. The minimum atomic E-state index is -1.10. The minimum absolute atomic E-state index is 0.0868. The van der Waals surface area contributed by atoms with E-state index in [1.807, 2.05) is 97.1 Å². The van der Waals surface area contributed by atoms with Crippen LogP contribution in [0.3, 0.4) is 0 Å². The first-order valence-corrected chi connectivity index (χ1v) is 18.5. The molecule has 0 bridgehead atoms. The number of H-pyrrole nitrogens is 1. The van der Waals surface area contributed by atoms with Crippen molar-refractivity contribution < 1.29 is 28.4 Å². The molecule has 8 rings (SSSR count). The van der Waals surface area contributed by atoms with Gasteiger partial charge < -0.3 is 28.4 Å². The summed E-state index contributed by atoms with van der Waals surface area (Å²) in [6.07, 6.45) is 1.29. The summed E-state index contributed by atoms with van der Waals surface area (Å²) in [5.41, 5.74) is 2.11. The van der Waals surface area contributed by atoms with Crippen molar-refractivity contribution in [3.63, 3.8) is 0 Å². The molecule has 4 heterocycles. The van der Waals surface area contributed by atoms with Gasteiger partial charge in [0.1, 0.15) is 35.5 Å². The van der Waals surface area contributed by atoms with Crippen molar-refractivity contribution in [2.24, 2.45) is 0 Å². The van der Waals surface area contributed by atoms with Gasteiger partial charge in [0.2, 0.25) is 6.41 Å². The third kappa shape index (κ3) is 6.78. The third-order valence-corrected chi connectivity index (χ3v) is 10.9. The molecule has 3 saturated heterocycles. The number of ether oxygens (including phenoxy) is 6. The zero-order valence-electron chi connectivity index (χ0n) is 30.6. The molecule has 3 fully saturated rings. The Bertz CT molecular complexity index is 2090. The molecule has 3 aliphatic heterocycles. The van der Waals surface area contributed by atoms with Crippen LogP contribution in [-0.2, 0) is 24.5 Å². The fourth-order valence-corrected chi connectivity index (χ4v) is 8.15. The third-order valence-electron chi connectivity index (χ3n) is 10.9. The van der Waals surface area contributed by atoms with E-state index in [1.54, 1.807) is 27.3 Å². The van der Waals surface area contributed by atoms with Crippen LogP contribution >= 0.6 is 0 Å². The van der Waals surface area contributed by atoms with Gasteiger partial charge in [0.25, 0.3) is 5.56 Å². The summed E-state index contributed by atoms with van der Waals surface area (Å²) in [4.78, 5) is 30.2. The van der Waals surface area contributed by atoms with E-state index in [-0.39, 0.29) is 18.8 Å². The maximum absolute atomic E-state index is 13.2. The molecule has 11 heteroatoms. The van der Waals surface area contributed by atoms with Gasteiger partial charge in [-0.05, 0) is 66.3 Å². The van der Waals surface area contributed by atoms with E-state index in [9.17, 15) is 9.59 Å². The molecule has 54 heavy (non-hydrogen) atoms. The molecule has 4 aromatic carbocycles. The predicted molar refractivity (Wildman–Crippen MR) is 202 cm³/mol. The molecule has 1 unspecified atom stereocenters. The van der Waals surface area contributed by atoms with Crippen LogP contribution in [0.4, 0.5) is 0 Å². The highest BCUT2D eigenvalue weighted by atomic mass is 16.7. The van der Waals surface area contributed by atoms with Crippen LogP contribution in [-0.4, -0.2) is 66.5 Å². The molecule has 0 saturated carbocycles. The molecule has 5 aromatic rings. The maximum Gasteiger partial charge on any atom is 0.330 e. The Hall–Kier alpha value is -5.04. The maximum atomic E-state index is 13.2. The van der Waals surface area contributed by atoms with Gasteiger partial charge in [0, 0.05) is 30.8 Å². The van der Waals surface area contributed by atoms with Gasteiger partial charge in [-0.1, -0.05) is 84.9 Å². The van der Waals surface area contributed by atoms with E-state index >= 15 is 0 Å². The molecule has 6 atom stereocenters. The normalized spacial score (nSPS) is 24.1. The minimum Gasteiger partial charge on any atom is -0.497 e. The van der Waals surface area contributed by atoms with Gasteiger partial charge in [0.15, 0.2) is 0 Å². The lowest BCUT2D eigenvalue weighted by molar-refractivity contribution is -0.225. The second-order valence-electron chi connectivity index (χ2n) is 14.1. The van der Waals surface area contributed by atoms with Crippen molar-refractivity contribution in [1.82, 2.24) is 14.5 Å². The number of rotatable bonds is 12. The number of hydrogen-bond donors (Lipinski definition) is 1. The summed E-state index contributed by atoms with van der Waals surface area (Å²) in [5, 5.41) is 0. The Labute approximate surface area is 314 Å². The molecule has 11 nitrogen and oxygen atoms in total. The summed E-state index contributed by atoms with van der Waals surface area (Å²) < 4.78 is 40.1.